The first kappa shape index (κ1) is 14.2. The van der Waals surface area contributed by atoms with Crippen LogP contribution in [0.3, 0.4) is 0 Å². The van der Waals surface area contributed by atoms with Gasteiger partial charge < -0.3 is 10.4 Å². The van der Waals surface area contributed by atoms with Gasteiger partial charge in [0.15, 0.2) is 0 Å². The van der Waals surface area contributed by atoms with Gasteiger partial charge in [-0.15, -0.1) is 0 Å². The highest BCUT2D eigenvalue weighted by atomic mass is 35.5. The van der Waals surface area contributed by atoms with E-state index in [1.54, 1.807) is 12.1 Å². The smallest absolute Gasteiger partial charge is 0.275 e. The maximum atomic E-state index is 10.9. The van der Waals surface area contributed by atoms with Crippen molar-refractivity contribution in [3.05, 3.63) is 38.9 Å². The maximum Gasteiger partial charge on any atom is 0.275 e. The molecular formula is C13H17ClN2O3. The molecule has 0 bridgehead atoms. The Bertz CT molecular complexity index is 475. The Balaban J connectivity index is 1.94. The SMILES string of the molecule is O=[N+]([O-])c1cc(Cl)ccc1CNCC1(CCO)CC1. The van der Waals surface area contributed by atoms with Crippen molar-refractivity contribution in [2.75, 3.05) is 13.2 Å². The van der Waals surface area contributed by atoms with Crippen LogP contribution in [0.25, 0.3) is 0 Å². The van der Waals surface area contributed by atoms with E-state index in [0.717, 1.165) is 25.8 Å². The summed E-state index contributed by atoms with van der Waals surface area (Å²) in [7, 11) is 0. The lowest BCUT2D eigenvalue weighted by molar-refractivity contribution is -0.385. The standard InChI is InChI=1S/C13H17ClN2O3/c14-11-2-1-10(12(7-11)16(18)19)8-15-9-13(3-4-13)5-6-17/h1-2,7,15,17H,3-6,8-9H2. The fourth-order valence-electron chi connectivity index (χ4n) is 2.25. The van der Waals surface area contributed by atoms with Crippen LogP contribution in [0.2, 0.25) is 5.02 Å². The number of hydrogen-bond acceptors (Lipinski definition) is 4. The number of halogens is 1. The third kappa shape index (κ3) is 3.65. The van der Waals surface area contributed by atoms with Crippen molar-refractivity contribution in [2.24, 2.45) is 5.41 Å². The van der Waals surface area contributed by atoms with E-state index in [1.807, 2.05) is 0 Å². The molecular weight excluding hydrogens is 268 g/mol. The zero-order valence-corrected chi connectivity index (χ0v) is 11.3. The van der Waals surface area contributed by atoms with E-state index < -0.39 is 4.92 Å². The van der Waals surface area contributed by atoms with Crippen LogP contribution < -0.4 is 5.32 Å². The minimum atomic E-state index is -0.413. The fourth-order valence-corrected chi connectivity index (χ4v) is 2.41. The second-order valence-electron chi connectivity index (χ2n) is 5.11. The molecule has 2 rings (SSSR count). The summed E-state index contributed by atoms with van der Waals surface area (Å²) in [6.45, 7) is 1.43. The Kier molecular flexibility index (Phi) is 4.39. The molecule has 0 aromatic heterocycles. The van der Waals surface area contributed by atoms with Gasteiger partial charge in [0.05, 0.1) is 4.92 Å². The molecule has 1 saturated carbocycles. The van der Waals surface area contributed by atoms with E-state index in [-0.39, 0.29) is 17.7 Å². The summed E-state index contributed by atoms with van der Waals surface area (Å²) >= 11 is 5.77. The molecule has 0 heterocycles. The third-order valence-corrected chi connectivity index (χ3v) is 3.89. The van der Waals surface area contributed by atoms with Gasteiger partial charge in [0.2, 0.25) is 0 Å². The van der Waals surface area contributed by atoms with Crippen molar-refractivity contribution in [1.82, 2.24) is 5.32 Å². The molecule has 5 nitrogen and oxygen atoms in total. The number of hydrogen-bond donors (Lipinski definition) is 2. The molecule has 0 unspecified atom stereocenters. The van der Waals surface area contributed by atoms with Gasteiger partial charge in [-0.1, -0.05) is 11.6 Å². The molecule has 1 aliphatic rings. The normalized spacial score (nSPS) is 16.3. The highest BCUT2D eigenvalue weighted by Crippen LogP contribution is 2.47. The predicted octanol–water partition coefficient (Wildman–Crippen LogP) is 2.50. The van der Waals surface area contributed by atoms with Gasteiger partial charge in [-0.2, -0.15) is 0 Å². The number of nitro groups is 1. The summed E-state index contributed by atoms with van der Waals surface area (Å²) in [5, 5.41) is 23.5. The maximum absolute atomic E-state index is 10.9. The number of nitro benzene ring substituents is 1. The highest BCUT2D eigenvalue weighted by Gasteiger charge is 2.41. The minimum absolute atomic E-state index is 0.0482. The molecule has 1 aromatic carbocycles. The Morgan fingerprint density at radius 1 is 1.47 bits per heavy atom. The van der Waals surface area contributed by atoms with Gasteiger partial charge in [0.25, 0.3) is 5.69 Å². The van der Waals surface area contributed by atoms with Gasteiger partial charge in [-0.25, -0.2) is 0 Å². The first-order chi connectivity index (χ1) is 9.06. The largest absolute Gasteiger partial charge is 0.396 e. The van der Waals surface area contributed by atoms with Crippen molar-refractivity contribution in [2.45, 2.75) is 25.8 Å². The van der Waals surface area contributed by atoms with E-state index in [2.05, 4.69) is 5.32 Å². The van der Waals surface area contributed by atoms with Crippen LogP contribution in [0.1, 0.15) is 24.8 Å². The van der Waals surface area contributed by atoms with Crippen LogP contribution in [-0.2, 0) is 6.54 Å². The quantitative estimate of drug-likeness (QED) is 0.596. The van der Waals surface area contributed by atoms with Crippen molar-refractivity contribution in [3.8, 4) is 0 Å². The average molecular weight is 285 g/mol. The second-order valence-corrected chi connectivity index (χ2v) is 5.54. The molecule has 0 atom stereocenters. The summed E-state index contributed by atoms with van der Waals surface area (Å²) in [4.78, 5) is 10.5. The van der Waals surface area contributed by atoms with E-state index in [1.165, 1.54) is 6.07 Å². The number of aliphatic hydroxyl groups excluding tert-OH is 1. The molecule has 19 heavy (non-hydrogen) atoms. The molecule has 1 fully saturated rings. The Morgan fingerprint density at radius 2 is 2.21 bits per heavy atom. The van der Waals surface area contributed by atoms with E-state index >= 15 is 0 Å². The van der Waals surface area contributed by atoms with Crippen LogP contribution in [0.5, 0.6) is 0 Å². The number of rotatable bonds is 7. The third-order valence-electron chi connectivity index (χ3n) is 3.66. The lowest BCUT2D eigenvalue weighted by atomic mass is 10.0. The van der Waals surface area contributed by atoms with E-state index in [0.29, 0.717) is 17.1 Å². The van der Waals surface area contributed by atoms with Crippen LogP contribution >= 0.6 is 11.6 Å². The molecule has 0 aliphatic heterocycles. The summed E-state index contributed by atoms with van der Waals surface area (Å²) in [6, 6.07) is 4.71. The number of aliphatic hydroxyl groups is 1. The topological polar surface area (TPSA) is 75.4 Å². The van der Waals surface area contributed by atoms with Crippen LogP contribution in [0, 0.1) is 15.5 Å². The number of nitrogens with zero attached hydrogens (tertiary/aromatic N) is 1. The van der Waals surface area contributed by atoms with Gasteiger partial charge in [0.1, 0.15) is 0 Å². The van der Waals surface area contributed by atoms with Crippen molar-refractivity contribution < 1.29 is 10.0 Å². The fraction of sp³-hybridized carbons (Fsp3) is 0.538. The van der Waals surface area contributed by atoms with E-state index in [9.17, 15) is 10.1 Å². The summed E-state index contributed by atoms with van der Waals surface area (Å²) in [5.41, 5.74) is 0.886. The Labute approximate surface area is 116 Å². The number of benzene rings is 1. The predicted molar refractivity (Wildman–Crippen MR) is 73.2 cm³/mol. The monoisotopic (exact) mass is 284 g/mol. The molecule has 2 N–H and O–H groups in total. The van der Waals surface area contributed by atoms with Crippen molar-refractivity contribution in [3.63, 3.8) is 0 Å². The van der Waals surface area contributed by atoms with Gasteiger partial charge in [-0.05, 0) is 36.8 Å². The molecule has 0 saturated heterocycles. The molecule has 0 radical (unpaired) electrons. The minimum Gasteiger partial charge on any atom is -0.396 e. The first-order valence-corrected chi connectivity index (χ1v) is 6.68. The molecule has 1 aromatic rings. The first-order valence-electron chi connectivity index (χ1n) is 6.31. The summed E-state index contributed by atoms with van der Waals surface area (Å²) in [5.74, 6) is 0. The molecule has 0 amide bonds. The highest BCUT2D eigenvalue weighted by molar-refractivity contribution is 6.30. The zero-order chi connectivity index (χ0) is 13.9. The summed E-state index contributed by atoms with van der Waals surface area (Å²) < 4.78 is 0. The average Bonchev–Trinajstić information content (AvgIpc) is 3.11. The zero-order valence-electron chi connectivity index (χ0n) is 10.6. The van der Waals surface area contributed by atoms with Crippen molar-refractivity contribution >= 4 is 17.3 Å². The molecule has 104 valence electrons. The van der Waals surface area contributed by atoms with Gasteiger partial charge in [0, 0.05) is 36.3 Å². The summed E-state index contributed by atoms with van der Waals surface area (Å²) in [6.07, 6.45) is 3.02. The lowest BCUT2D eigenvalue weighted by Gasteiger charge is -2.14. The van der Waals surface area contributed by atoms with Crippen molar-refractivity contribution in [1.29, 1.82) is 0 Å². The molecule has 0 spiro atoms. The molecule has 6 heteroatoms. The Morgan fingerprint density at radius 3 is 2.79 bits per heavy atom. The van der Waals surface area contributed by atoms with Crippen LogP contribution in [-0.4, -0.2) is 23.2 Å². The van der Waals surface area contributed by atoms with Crippen LogP contribution in [0.4, 0.5) is 5.69 Å². The van der Waals surface area contributed by atoms with Crippen LogP contribution in [0.15, 0.2) is 18.2 Å². The Hall–Kier alpha value is -1.17. The second kappa shape index (κ2) is 5.86. The van der Waals surface area contributed by atoms with Gasteiger partial charge >= 0.3 is 0 Å². The number of nitrogens with one attached hydrogen (secondary N) is 1. The lowest BCUT2D eigenvalue weighted by Crippen LogP contribution is -2.24. The molecule has 1 aliphatic carbocycles. The van der Waals surface area contributed by atoms with Gasteiger partial charge in [-0.3, -0.25) is 10.1 Å². The van der Waals surface area contributed by atoms with E-state index in [4.69, 9.17) is 16.7 Å².